The van der Waals surface area contributed by atoms with Gasteiger partial charge in [0.15, 0.2) is 5.13 Å². The molecule has 4 rings (SSSR count). The van der Waals surface area contributed by atoms with Gasteiger partial charge < -0.3 is 9.88 Å². The number of nitrogens with zero attached hydrogens (tertiary/aromatic N) is 4. The fourth-order valence-electron chi connectivity index (χ4n) is 3.76. The summed E-state index contributed by atoms with van der Waals surface area (Å²) in [6.45, 7) is 3.75. The smallest absolute Gasteiger partial charge is 0.332 e. The lowest BCUT2D eigenvalue weighted by atomic mass is 10.2. The highest BCUT2D eigenvalue weighted by molar-refractivity contribution is 7.13. The van der Waals surface area contributed by atoms with Crippen LogP contribution in [0, 0.1) is 24.0 Å². The Kier molecular flexibility index (Phi) is 7.57. The lowest BCUT2D eigenvalue weighted by Crippen LogP contribution is -2.20. The van der Waals surface area contributed by atoms with Crippen LogP contribution in [0.5, 0.6) is 0 Å². The number of aromatic nitrogens is 2. The summed E-state index contributed by atoms with van der Waals surface area (Å²) in [5.74, 6) is -0.415. The lowest BCUT2D eigenvalue weighted by molar-refractivity contribution is -0.384. The number of nitrogens with one attached hydrogen (secondary N) is 2. The number of aryl methyl sites for hydroxylation is 1. The molecule has 0 radical (unpaired) electrons. The van der Waals surface area contributed by atoms with Gasteiger partial charge >= 0.3 is 6.18 Å². The summed E-state index contributed by atoms with van der Waals surface area (Å²) in [5.41, 5.74) is 5.57. The molecule has 0 spiro atoms. The minimum absolute atomic E-state index is 0.000572. The van der Waals surface area contributed by atoms with Crippen molar-refractivity contribution >= 4 is 40.0 Å². The van der Waals surface area contributed by atoms with Crippen molar-refractivity contribution in [2.75, 3.05) is 5.32 Å². The number of nitro benzene ring substituents is 1. The second-order valence-electron chi connectivity index (χ2n) is 8.25. The van der Waals surface area contributed by atoms with Crippen molar-refractivity contribution < 1.29 is 22.9 Å². The third-order valence-electron chi connectivity index (χ3n) is 5.52. The molecule has 0 saturated heterocycles. The van der Waals surface area contributed by atoms with Crippen LogP contribution in [0.2, 0.25) is 0 Å². The molecule has 1 amide bonds. The summed E-state index contributed by atoms with van der Waals surface area (Å²) in [7, 11) is 0. The van der Waals surface area contributed by atoms with Crippen molar-refractivity contribution in [1.82, 2.24) is 15.0 Å². The van der Waals surface area contributed by atoms with E-state index >= 15 is 0 Å². The van der Waals surface area contributed by atoms with Gasteiger partial charge in [-0.15, -0.1) is 11.3 Å². The molecule has 2 heterocycles. The zero-order chi connectivity index (χ0) is 27.4. The van der Waals surface area contributed by atoms with Crippen LogP contribution < -0.4 is 10.7 Å². The first-order valence-electron chi connectivity index (χ1n) is 11.2. The molecule has 38 heavy (non-hydrogen) atoms. The van der Waals surface area contributed by atoms with E-state index in [1.165, 1.54) is 41.8 Å². The molecule has 0 aliphatic rings. The average Bonchev–Trinajstić information content (AvgIpc) is 3.41. The number of thiazole rings is 1. The van der Waals surface area contributed by atoms with Gasteiger partial charge in [0.1, 0.15) is 0 Å². The molecule has 2 aromatic carbocycles. The Balaban J connectivity index is 1.36. The molecule has 9 nitrogen and oxygen atoms in total. The van der Waals surface area contributed by atoms with Gasteiger partial charge in [0, 0.05) is 45.8 Å². The zero-order valence-electron chi connectivity index (χ0n) is 20.1. The number of benzene rings is 2. The largest absolute Gasteiger partial charge is 0.416 e. The molecule has 0 fully saturated rings. The van der Waals surface area contributed by atoms with Crippen LogP contribution in [-0.2, 0) is 17.4 Å². The maximum absolute atomic E-state index is 12.9. The van der Waals surface area contributed by atoms with E-state index in [-0.39, 0.29) is 17.8 Å². The third-order valence-corrected chi connectivity index (χ3v) is 6.32. The van der Waals surface area contributed by atoms with E-state index < -0.39 is 22.6 Å². The van der Waals surface area contributed by atoms with Gasteiger partial charge in [0.05, 0.1) is 28.8 Å². The predicted molar refractivity (Wildman–Crippen MR) is 138 cm³/mol. The average molecular weight is 543 g/mol. The number of carbonyl (C=O) groups is 1. The number of hydrazone groups is 1. The molecule has 196 valence electrons. The number of rotatable bonds is 8. The number of hydrogen-bond donors (Lipinski definition) is 2. The van der Waals surface area contributed by atoms with Gasteiger partial charge in [0.2, 0.25) is 5.91 Å². The van der Waals surface area contributed by atoms with Crippen molar-refractivity contribution in [2.24, 2.45) is 5.10 Å². The van der Waals surface area contributed by atoms with Gasteiger partial charge in [0.25, 0.3) is 5.69 Å². The Labute approximate surface area is 218 Å². The molecule has 4 aromatic rings. The van der Waals surface area contributed by atoms with Gasteiger partial charge in [-0.05, 0) is 50.2 Å². The first kappa shape index (κ1) is 26.5. The molecular weight excluding hydrogens is 521 g/mol. The first-order valence-corrected chi connectivity index (χ1v) is 12.0. The number of amides is 1. The van der Waals surface area contributed by atoms with Crippen LogP contribution in [0.15, 0.2) is 65.1 Å². The van der Waals surface area contributed by atoms with E-state index in [0.29, 0.717) is 10.8 Å². The summed E-state index contributed by atoms with van der Waals surface area (Å²) >= 11 is 1.17. The number of alkyl halides is 3. The third kappa shape index (κ3) is 6.24. The van der Waals surface area contributed by atoms with Crippen LogP contribution in [0.3, 0.4) is 0 Å². The minimum Gasteiger partial charge on any atom is -0.332 e. The second kappa shape index (κ2) is 10.8. The van der Waals surface area contributed by atoms with Crippen molar-refractivity contribution in [3.8, 4) is 5.69 Å². The van der Waals surface area contributed by atoms with Crippen LogP contribution in [0.1, 0.15) is 28.2 Å². The normalized spacial score (nSPS) is 11.6. The van der Waals surface area contributed by atoms with Crippen molar-refractivity contribution in [3.63, 3.8) is 0 Å². The molecule has 0 unspecified atom stereocenters. The first-order chi connectivity index (χ1) is 18.0. The van der Waals surface area contributed by atoms with Gasteiger partial charge in [-0.25, -0.2) is 10.4 Å². The standard InChI is InChI=1S/C25H21F3N6O3S/c1-15-10-17(16(2)33(15)21-6-8-22(9-7-21)34(36)37)13-29-32-23(35)12-20-14-38-24(31-20)30-19-5-3-4-18(11-19)25(26,27)28/h3-11,13-14H,12H2,1-2H3,(H,30,31)(H,32,35)/b29-13-. The van der Waals surface area contributed by atoms with Gasteiger partial charge in [-0.3, -0.25) is 14.9 Å². The Morgan fingerprint density at radius 3 is 2.61 bits per heavy atom. The fourth-order valence-corrected chi connectivity index (χ4v) is 4.49. The monoisotopic (exact) mass is 542 g/mol. The Morgan fingerprint density at radius 2 is 1.92 bits per heavy atom. The van der Waals surface area contributed by atoms with Crippen LogP contribution >= 0.6 is 11.3 Å². The molecule has 0 aliphatic heterocycles. The summed E-state index contributed by atoms with van der Waals surface area (Å²) in [5, 5.41) is 19.7. The zero-order valence-corrected chi connectivity index (χ0v) is 20.9. The molecule has 2 N–H and O–H groups in total. The number of non-ortho nitro benzene ring substituents is 1. The van der Waals surface area contributed by atoms with E-state index in [1.807, 2.05) is 24.5 Å². The maximum atomic E-state index is 12.9. The number of carbonyl (C=O) groups excluding carboxylic acids is 1. The molecule has 0 atom stereocenters. The number of hydrogen-bond acceptors (Lipinski definition) is 7. The lowest BCUT2D eigenvalue weighted by Gasteiger charge is -2.09. The van der Waals surface area contributed by atoms with E-state index in [9.17, 15) is 28.1 Å². The molecular formula is C25H21F3N6O3S. The quantitative estimate of drug-likeness (QED) is 0.163. The summed E-state index contributed by atoms with van der Waals surface area (Å²) < 4.78 is 40.6. The Hall–Kier alpha value is -4.52. The summed E-state index contributed by atoms with van der Waals surface area (Å²) in [4.78, 5) is 27.0. The summed E-state index contributed by atoms with van der Waals surface area (Å²) in [6, 6.07) is 12.8. The number of halogens is 3. The van der Waals surface area contributed by atoms with Gasteiger partial charge in [-0.1, -0.05) is 6.07 Å². The highest BCUT2D eigenvalue weighted by Crippen LogP contribution is 2.32. The topological polar surface area (TPSA) is 114 Å². The van der Waals surface area contributed by atoms with E-state index in [4.69, 9.17) is 0 Å². The highest BCUT2D eigenvalue weighted by atomic mass is 32.1. The molecule has 0 aliphatic carbocycles. The van der Waals surface area contributed by atoms with Crippen LogP contribution in [0.25, 0.3) is 5.69 Å². The fraction of sp³-hybridized carbons (Fsp3) is 0.160. The number of anilines is 2. The Morgan fingerprint density at radius 1 is 1.18 bits per heavy atom. The molecule has 13 heteroatoms. The van der Waals surface area contributed by atoms with E-state index in [2.05, 4.69) is 20.8 Å². The minimum atomic E-state index is -4.45. The molecule has 0 bridgehead atoms. The Bertz CT molecular complexity index is 1510. The SMILES string of the molecule is Cc1cc(/C=N\NC(=O)Cc2csc(Nc3cccc(C(F)(F)F)c3)n2)c(C)n1-c1ccc([N+](=O)[O-])cc1. The molecule has 2 aromatic heterocycles. The van der Waals surface area contributed by atoms with Crippen molar-refractivity contribution in [1.29, 1.82) is 0 Å². The highest BCUT2D eigenvalue weighted by Gasteiger charge is 2.30. The molecule has 0 saturated carbocycles. The predicted octanol–water partition coefficient (Wildman–Crippen LogP) is 5.91. The van der Waals surface area contributed by atoms with Crippen LogP contribution in [0.4, 0.5) is 29.7 Å². The van der Waals surface area contributed by atoms with E-state index in [0.717, 1.165) is 34.8 Å². The van der Waals surface area contributed by atoms with Crippen molar-refractivity contribution in [2.45, 2.75) is 26.4 Å². The van der Waals surface area contributed by atoms with Crippen LogP contribution in [-0.4, -0.2) is 26.6 Å². The summed E-state index contributed by atoms with van der Waals surface area (Å²) in [6.07, 6.45) is -3.02. The van der Waals surface area contributed by atoms with Gasteiger partial charge in [-0.2, -0.15) is 18.3 Å². The number of nitro groups is 1. The maximum Gasteiger partial charge on any atom is 0.416 e. The van der Waals surface area contributed by atoms with E-state index in [1.54, 1.807) is 17.5 Å². The van der Waals surface area contributed by atoms with Crippen molar-refractivity contribution in [3.05, 3.63) is 98.3 Å². The second-order valence-corrected chi connectivity index (χ2v) is 9.11.